The lowest BCUT2D eigenvalue weighted by Gasteiger charge is -2.38. The first-order chi connectivity index (χ1) is 13.7. The minimum Gasteiger partial charge on any atom is -0.353 e. The summed E-state index contributed by atoms with van der Waals surface area (Å²) >= 11 is 0. The fraction of sp³-hybridized carbons (Fsp3) is 0.524. The monoisotopic (exact) mass is 399 g/mol. The molecule has 0 saturated carbocycles. The molecule has 3 rings (SSSR count). The number of benzene rings is 1. The van der Waals surface area contributed by atoms with Crippen LogP contribution in [0.5, 0.6) is 0 Å². The Bertz CT molecular complexity index is 844. The van der Waals surface area contributed by atoms with Crippen LogP contribution in [0.1, 0.15) is 33.1 Å². The maximum absolute atomic E-state index is 12.8. The predicted octanol–water partition coefficient (Wildman–Crippen LogP) is 1.93. The highest BCUT2D eigenvalue weighted by atomic mass is 16.5. The van der Waals surface area contributed by atoms with Crippen molar-refractivity contribution in [2.24, 2.45) is 5.41 Å². The fourth-order valence-corrected chi connectivity index (χ4v) is 3.42. The van der Waals surface area contributed by atoms with E-state index in [0.29, 0.717) is 18.3 Å². The molecule has 1 aromatic heterocycles. The van der Waals surface area contributed by atoms with Crippen molar-refractivity contribution in [3.05, 3.63) is 36.2 Å². The number of hydrogen-bond acceptors (Lipinski definition) is 6. The molecule has 1 fully saturated rings. The van der Waals surface area contributed by atoms with Crippen molar-refractivity contribution in [3.63, 3.8) is 0 Å². The Morgan fingerprint density at radius 2 is 2.03 bits per heavy atom. The van der Waals surface area contributed by atoms with E-state index in [9.17, 15) is 9.59 Å². The van der Waals surface area contributed by atoms with Gasteiger partial charge in [0.05, 0.1) is 19.0 Å². The van der Waals surface area contributed by atoms with Crippen LogP contribution in [0.4, 0.5) is 0 Å². The summed E-state index contributed by atoms with van der Waals surface area (Å²) < 4.78 is 5.29. The molecule has 2 heterocycles. The molecule has 0 bridgehead atoms. The van der Waals surface area contributed by atoms with Gasteiger partial charge >= 0.3 is 0 Å². The van der Waals surface area contributed by atoms with Crippen molar-refractivity contribution < 1.29 is 14.1 Å². The van der Waals surface area contributed by atoms with E-state index in [2.05, 4.69) is 41.1 Å². The highest BCUT2D eigenvalue weighted by Crippen LogP contribution is 2.20. The van der Waals surface area contributed by atoms with E-state index in [1.165, 1.54) is 4.90 Å². The largest absolute Gasteiger partial charge is 0.353 e. The Kier molecular flexibility index (Phi) is 6.32. The average molecular weight is 399 g/mol. The molecule has 1 atom stereocenters. The van der Waals surface area contributed by atoms with Gasteiger partial charge in [0, 0.05) is 32.2 Å². The molecule has 29 heavy (non-hydrogen) atoms. The average Bonchev–Trinajstić information content (AvgIpc) is 3.12. The molecule has 8 nitrogen and oxygen atoms in total. The number of carbonyl (C=O) groups excluding carboxylic acids is 2. The summed E-state index contributed by atoms with van der Waals surface area (Å²) in [7, 11) is 1.68. The van der Waals surface area contributed by atoms with Gasteiger partial charge in [-0.1, -0.05) is 56.3 Å². The van der Waals surface area contributed by atoms with Crippen molar-refractivity contribution in [1.82, 2.24) is 25.3 Å². The van der Waals surface area contributed by atoms with Crippen LogP contribution in [0.15, 0.2) is 34.9 Å². The number of piperazine rings is 1. The molecule has 1 saturated heterocycles. The first kappa shape index (κ1) is 21.0. The van der Waals surface area contributed by atoms with Gasteiger partial charge in [0.1, 0.15) is 0 Å². The van der Waals surface area contributed by atoms with Crippen molar-refractivity contribution in [2.75, 3.05) is 26.7 Å². The number of amides is 2. The second-order valence-electron chi connectivity index (χ2n) is 8.67. The third-order valence-electron chi connectivity index (χ3n) is 4.79. The maximum atomic E-state index is 12.8. The molecule has 1 aromatic carbocycles. The summed E-state index contributed by atoms with van der Waals surface area (Å²) in [6.45, 7) is 8.70. The van der Waals surface area contributed by atoms with E-state index in [1.54, 1.807) is 7.05 Å². The van der Waals surface area contributed by atoms with Crippen LogP contribution in [0.2, 0.25) is 0 Å². The van der Waals surface area contributed by atoms with Crippen molar-refractivity contribution in [3.8, 4) is 11.4 Å². The molecule has 1 aliphatic rings. The zero-order chi connectivity index (χ0) is 21.0. The molecule has 1 unspecified atom stereocenters. The van der Waals surface area contributed by atoms with E-state index in [0.717, 1.165) is 18.7 Å². The number of carbonyl (C=O) groups is 2. The van der Waals surface area contributed by atoms with Gasteiger partial charge < -0.3 is 14.7 Å². The zero-order valence-electron chi connectivity index (χ0n) is 17.5. The summed E-state index contributed by atoms with van der Waals surface area (Å²) in [4.78, 5) is 33.2. The predicted molar refractivity (Wildman–Crippen MR) is 109 cm³/mol. The second kappa shape index (κ2) is 8.73. The summed E-state index contributed by atoms with van der Waals surface area (Å²) in [6, 6.07) is 9.06. The minimum absolute atomic E-state index is 0.0441. The maximum Gasteiger partial charge on any atom is 0.246 e. The second-order valence-corrected chi connectivity index (χ2v) is 8.67. The Morgan fingerprint density at radius 3 is 2.72 bits per heavy atom. The standard InChI is InChI=1S/C21H29N5O3/c1-21(2,3)14-26-11-10-22-20(28)16(26)12-18(27)25(4)13-17-23-19(24-29-17)15-8-6-5-7-9-15/h5-9,16H,10-14H2,1-4H3,(H,22,28). The Balaban J connectivity index is 1.62. The van der Waals surface area contributed by atoms with Crippen LogP contribution < -0.4 is 5.32 Å². The Morgan fingerprint density at radius 1 is 1.31 bits per heavy atom. The lowest BCUT2D eigenvalue weighted by Crippen LogP contribution is -2.58. The van der Waals surface area contributed by atoms with E-state index in [4.69, 9.17) is 4.52 Å². The highest BCUT2D eigenvalue weighted by molar-refractivity contribution is 5.88. The molecule has 1 N–H and O–H groups in total. The van der Waals surface area contributed by atoms with Crippen LogP contribution in [0, 0.1) is 5.41 Å². The highest BCUT2D eigenvalue weighted by Gasteiger charge is 2.34. The van der Waals surface area contributed by atoms with Crippen LogP contribution in [-0.2, 0) is 16.1 Å². The Labute approximate surface area is 171 Å². The molecule has 0 spiro atoms. The number of hydrogen-bond donors (Lipinski definition) is 1. The third kappa shape index (κ3) is 5.63. The summed E-state index contributed by atoms with van der Waals surface area (Å²) in [5, 5.41) is 6.85. The fourth-order valence-electron chi connectivity index (χ4n) is 3.42. The summed E-state index contributed by atoms with van der Waals surface area (Å²) in [6.07, 6.45) is 0.123. The number of rotatable bonds is 6. The molecule has 0 aliphatic carbocycles. The SMILES string of the molecule is CN(Cc1nc(-c2ccccc2)no1)C(=O)CC1C(=O)NCCN1CC(C)(C)C. The van der Waals surface area contributed by atoms with Gasteiger partial charge in [-0.05, 0) is 5.41 Å². The lowest BCUT2D eigenvalue weighted by atomic mass is 9.94. The zero-order valence-corrected chi connectivity index (χ0v) is 17.5. The molecule has 2 amide bonds. The van der Waals surface area contributed by atoms with Crippen molar-refractivity contribution in [2.45, 2.75) is 39.8 Å². The van der Waals surface area contributed by atoms with Gasteiger partial charge in [-0.15, -0.1) is 0 Å². The molecule has 156 valence electrons. The molecular weight excluding hydrogens is 370 g/mol. The van der Waals surface area contributed by atoms with E-state index in [1.807, 2.05) is 30.3 Å². The molecule has 2 aromatic rings. The van der Waals surface area contributed by atoms with Crippen LogP contribution >= 0.6 is 0 Å². The lowest BCUT2D eigenvalue weighted by molar-refractivity contribution is -0.139. The van der Waals surface area contributed by atoms with Crippen LogP contribution in [0.3, 0.4) is 0 Å². The van der Waals surface area contributed by atoms with Crippen molar-refractivity contribution in [1.29, 1.82) is 0 Å². The number of nitrogens with zero attached hydrogens (tertiary/aromatic N) is 4. The smallest absolute Gasteiger partial charge is 0.246 e. The first-order valence-corrected chi connectivity index (χ1v) is 9.87. The van der Waals surface area contributed by atoms with Gasteiger partial charge in [0.2, 0.25) is 23.5 Å². The van der Waals surface area contributed by atoms with Crippen molar-refractivity contribution >= 4 is 11.8 Å². The topological polar surface area (TPSA) is 91.6 Å². The van der Waals surface area contributed by atoms with Gasteiger partial charge in [-0.25, -0.2) is 0 Å². The summed E-state index contributed by atoms with van der Waals surface area (Å²) in [5.41, 5.74) is 0.899. The first-order valence-electron chi connectivity index (χ1n) is 9.87. The van der Waals surface area contributed by atoms with Gasteiger partial charge in [-0.3, -0.25) is 14.5 Å². The number of aromatic nitrogens is 2. The van der Waals surface area contributed by atoms with Gasteiger partial charge in [0.25, 0.3) is 0 Å². The van der Waals surface area contributed by atoms with E-state index < -0.39 is 6.04 Å². The van der Waals surface area contributed by atoms with Crippen LogP contribution in [0.25, 0.3) is 11.4 Å². The normalized spacial score (nSPS) is 17.8. The van der Waals surface area contributed by atoms with Gasteiger partial charge in [-0.2, -0.15) is 4.98 Å². The molecule has 1 aliphatic heterocycles. The van der Waals surface area contributed by atoms with E-state index in [-0.39, 0.29) is 30.2 Å². The third-order valence-corrected chi connectivity index (χ3v) is 4.79. The van der Waals surface area contributed by atoms with Gasteiger partial charge in [0.15, 0.2) is 0 Å². The molecule has 0 radical (unpaired) electrons. The Hall–Kier alpha value is -2.74. The quantitative estimate of drug-likeness (QED) is 0.798. The minimum atomic E-state index is -0.458. The molecular formula is C21H29N5O3. The summed E-state index contributed by atoms with van der Waals surface area (Å²) in [5.74, 6) is 0.626. The number of nitrogens with one attached hydrogen (secondary N) is 1. The van der Waals surface area contributed by atoms with E-state index >= 15 is 0 Å². The van der Waals surface area contributed by atoms with Crippen LogP contribution in [-0.4, -0.2) is 64.5 Å². The molecule has 8 heteroatoms.